The summed E-state index contributed by atoms with van der Waals surface area (Å²) in [6, 6.07) is 0. The van der Waals surface area contributed by atoms with Crippen LogP contribution in [0.25, 0.3) is 0 Å². The highest BCUT2D eigenvalue weighted by molar-refractivity contribution is 7.99. The maximum absolute atomic E-state index is 10.7. The zero-order valence-electron chi connectivity index (χ0n) is 12.1. The first-order chi connectivity index (χ1) is 9.65. The Kier molecular flexibility index (Phi) is 5.28. The van der Waals surface area contributed by atoms with Crippen LogP contribution in [0.1, 0.15) is 33.1 Å². The maximum Gasteiger partial charge on any atom is 0.313 e. The molecule has 1 unspecified atom stereocenters. The van der Waals surface area contributed by atoms with Crippen LogP contribution in [0.4, 0.5) is 5.95 Å². The van der Waals surface area contributed by atoms with Gasteiger partial charge in [0.1, 0.15) is 0 Å². The summed E-state index contributed by atoms with van der Waals surface area (Å²) in [7, 11) is 0. The summed E-state index contributed by atoms with van der Waals surface area (Å²) in [6.07, 6.45) is 3.69. The van der Waals surface area contributed by atoms with Crippen molar-refractivity contribution in [1.82, 2.24) is 14.8 Å². The molecule has 1 aromatic rings. The van der Waals surface area contributed by atoms with Crippen molar-refractivity contribution in [2.24, 2.45) is 5.92 Å². The molecule has 2 rings (SSSR count). The average Bonchev–Trinajstić information content (AvgIpc) is 3.02. The minimum absolute atomic E-state index is 0.0244. The van der Waals surface area contributed by atoms with Crippen molar-refractivity contribution in [3.05, 3.63) is 0 Å². The second-order valence-electron chi connectivity index (χ2n) is 5.10. The van der Waals surface area contributed by atoms with E-state index in [2.05, 4.69) is 22.0 Å². The van der Waals surface area contributed by atoms with E-state index in [0.717, 1.165) is 31.5 Å². The van der Waals surface area contributed by atoms with Crippen LogP contribution in [0.5, 0.6) is 0 Å². The van der Waals surface area contributed by atoms with E-state index in [1.54, 1.807) is 0 Å². The summed E-state index contributed by atoms with van der Waals surface area (Å²) < 4.78 is 2.02. The van der Waals surface area contributed by atoms with Crippen LogP contribution in [-0.4, -0.2) is 44.7 Å². The SMILES string of the molecule is CCCC1CCN(c2nnc(SCC(=O)O)n2CC)C1. The molecule has 1 saturated heterocycles. The molecule has 2 heterocycles. The Morgan fingerprint density at radius 2 is 2.25 bits per heavy atom. The third-order valence-electron chi connectivity index (χ3n) is 3.60. The van der Waals surface area contributed by atoms with Crippen LogP contribution in [0.15, 0.2) is 5.16 Å². The van der Waals surface area contributed by atoms with Gasteiger partial charge in [0.05, 0.1) is 5.75 Å². The van der Waals surface area contributed by atoms with Crippen LogP contribution in [-0.2, 0) is 11.3 Å². The molecule has 0 amide bonds. The quantitative estimate of drug-likeness (QED) is 0.777. The molecule has 6 nitrogen and oxygen atoms in total. The number of carboxylic acid groups (broad SMARTS) is 1. The van der Waals surface area contributed by atoms with Gasteiger partial charge in [-0.2, -0.15) is 0 Å². The Morgan fingerprint density at radius 3 is 2.90 bits per heavy atom. The van der Waals surface area contributed by atoms with Gasteiger partial charge >= 0.3 is 5.97 Å². The third-order valence-corrected chi connectivity index (χ3v) is 4.56. The van der Waals surface area contributed by atoms with Crippen molar-refractivity contribution in [1.29, 1.82) is 0 Å². The molecule has 0 aliphatic carbocycles. The highest BCUT2D eigenvalue weighted by Crippen LogP contribution is 2.28. The number of nitrogens with zero attached hydrogens (tertiary/aromatic N) is 4. The number of hydrogen-bond donors (Lipinski definition) is 1. The molecule has 0 saturated carbocycles. The Morgan fingerprint density at radius 1 is 1.45 bits per heavy atom. The molecule has 112 valence electrons. The van der Waals surface area contributed by atoms with Gasteiger partial charge in [-0.25, -0.2) is 0 Å². The fourth-order valence-electron chi connectivity index (χ4n) is 2.68. The molecule has 0 spiro atoms. The Labute approximate surface area is 123 Å². The number of thioether (sulfide) groups is 1. The molecule has 7 heteroatoms. The number of aliphatic carboxylic acids is 1. The lowest BCUT2D eigenvalue weighted by Gasteiger charge is -2.18. The van der Waals surface area contributed by atoms with Gasteiger partial charge in [0, 0.05) is 19.6 Å². The largest absolute Gasteiger partial charge is 0.481 e. The van der Waals surface area contributed by atoms with Crippen LogP contribution in [0, 0.1) is 5.92 Å². The van der Waals surface area contributed by atoms with Gasteiger partial charge < -0.3 is 10.0 Å². The second kappa shape index (κ2) is 6.97. The van der Waals surface area contributed by atoms with E-state index in [1.165, 1.54) is 31.0 Å². The number of hydrogen-bond acceptors (Lipinski definition) is 5. The second-order valence-corrected chi connectivity index (χ2v) is 6.04. The highest BCUT2D eigenvalue weighted by Gasteiger charge is 2.26. The fraction of sp³-hybridized carbons (Fsp3) is 0.769. The van der Waals surface area contributed by atoms with Gasteiger partial charge in [0.25, 0.3) is 0 Å². The van der Waals surface area contributed by atoms with E-state index in [9.17, 15) is 4.79 Å². The van der Waals surface area contributed by atoms with Crippen molar-refractivity contribution < 1.29 is 9.90 Å². The molecule has 1 aliphatic heterocycles. The lowest BCUT2D eigenvalue weighted by molar-refractivity contribution is -0.133. The van der Waals surface area contributed by atoms with Gasteiger partial charge in [-0.3, -0.25) is 9.36 Å². The standard InChI is InChI=1S/C13H22N4O2S/c1-3-5-10-6-7-16(8-10)12-14-15-13(17(12)4-2)20-9-11(18)19/h10H,3-9H2,1-2H3,(H,18,19). The lowest BCUT2D eigenvalue weighted by atomic mass is 10.0. The number of anilines is 1. The highest BCUT2D eigenvalue weighted by atomic mass is 32.2. The Balaban J connectivity index is 2.06. The third kappa shape index (κ3) is 3.45. The molecule has 1 aromatic heterocycles. The molecular weight excluding hydrogens is 276 g/mol. The molecule has 1 atom stereocenters. The molecule has 0 bridgehead atoms. The molecule has 0 aromatic carbocycles. The van der Waals surface area contributed by atoms with Gasteiger partial charge in [-0.05, 0) is 25.7 Å². The first kappa shape index (κ1) is 15.2. The Bertz CT molecular complexity index is 463. The zero-order chi connectivity index (χ0) is 14.5. The fourth-order valence-corrected chi connectivity index (χ4v) is 3.40. The van der Waals surface area contributed by atoms with Crippen LogP contribution < -0.4 is 4.90 Å². The van der Waals surface area contributed by atoms with Crippen molar-refractivity contribution >= 4 is 23.7 Å². The van der Waals surface area contributed by atoms with Gasteiger partial charge in [-0.1, -0.05) is 25.1 Å². The topological polar surface area (TPSA) is 71.2 Å². The average molecular weight is 298 g/mol. The monoisotopic (exact) mass is 298 g/mol. The molecule has 20 heavy (non-hydrogen) atoms. The number of aromatic nitrogens is 3. The van der Waals surface area contributed by atoms with Gasteiger partial charge in [-0.15, -0.1) is 10.2 Å². The minimum atomic E-state index is -0.827. The summed E-state index contributed by atoms with van der Waals surface area (Å²) in [5.41, 5.74) is 0. The summed E-state index contributed by atoms with van der Waals surface area (Å²) in [6.45, 7) is 7.08. The Hall–Kier alpha value is -1.24. The van der Waals surface area contributed by atoms with E-state index >= 15 is 0 Å². The van der Waals surface area contributed by atoms with Crippen LogP contribution in [0.3, 0.4) is 0 Å². The van der Waals surface area contributed by atoms with Crippen LogP contribution in [0.2, 0.25) is 0 Å². The predicted molar refractivity (Wildman–Crippen MR) is 79.3 cm³/mol. The summed E-state index contributed by atoms with van der Waals surface area (Å²) >= 11 is 1.23. The van der Waals surface area contributed by atoms with Crippen molar-refractivity contribution in [2.45, 2.75) is 44.8 Å². The molecular formula is C13H22N4O2S. The number of carbonyl (C=O) groups is 1. The number of rotatable bonds is 7. The van der Waals surface area contributed by atoms with E-state index in [0.29, 0.717) is 5.16 Å². The van der Waals surface area contributed by atoms with Gasteiger partial charge in [0.15, 0.2) is 5.16 Å². The summed E-state index contributed by atoms with van der Waals surface area (Å²) in [5, 5.41) is 17.9. The van der Waals surface area contributed by atoms with E-state index < -0.39 is 5.97 Å². The van der Waals surface area contributed by atoms with Crippen molar-refractivity contribution in [3.63, 3.8) is 0 Å². The van der Waals surface area contributed by atoms with Crippen molar-refractivity contribution in [3.8, 4) is 0 Å². The molecule has 0 radical (unpaired) electrons. The molecule has 1 fully saturated rings. The normalized spacial score (nSPS) is 18.7. The van der Waals surface area contributed by atoms with E-state index in [4.69, 9.17) is 5.11 Å². The van der Waals surface area contributed by atoms with E-state index in [1.807, 2.05) is 11.5 Å². The minimum Gasteiger partial charge on any atom is -0.481 e. The van der Waals surface area contributed by atoms with E-state index in [-0.39, 0.29) is 5.75 Å². The zero-order valence-corrected chi connectivity index (χ0v) is 12.9. The maximum atomic E-state index is 10.7. The smallest absolute Gasteiger partial charge is 0.313 e. The first-order valence-corrected chi connectivity index (χ1v) is 8.17. The van der Waals surface area contributed by atoms with Gasteiger partial charge in [0.2, 0.25) is 5.95 Å². The summed E-state index contributed by atoms with van der Waals surface area (Å²) in [5.74, 6) is 0.832. The lowest BCUT2D eigenvalue weighted by Crippen LogP contribution is -2.23. The molecule has 1 aliphatic rings. The van der Waals surface area contributed by atoms with Crippen LogP contribution >= 0.6 is 11.8 Å². The van der Waals surface area contributed by atoms with Crippen molar-refractivity contribution in [2.75, 3.05) is 23.7 Å². The number of carboxylic acids is 1. The summed E-state index contributed by atoms with van der Waals surface area (Å²) in [4.78, 5) is 12.9. The first-order valence-electron chi connectivity index (χ1n) is 7.18. The molecule has 1 N–H and O–H groups in total. The predicted octanol–water partition coefficient (Wildman–Crippen LogP) is 2.10.